The van der Waals surface area contributed by atoms with Gasteiger partial charge in [0.1, 0.15) is 6.61 Å². The molecule has 3 rings (SSSR count). The van der Waals surface area contributed by atoms with Crippen molar-refractivity contribution in [3.8, 4) is 5.88 Å². The number of hydrogen-bond donors (Lipinski definition) is 2. The average Bonchev–Trinajstić information content (AvgIpc) is 3.44. The molecule has 0 radical (unpaired) electrons. The van der Waals surface area contributed by atoms with Crippen LogP contribution in [-0.4, -0.2) is 16.8 Å². The molecule has 1 aliphatic rings. The van der Waals surface area contributed by atoms with Crippen LogP contribution in [0.25, 0.3) is 0 Å². The predicted molar refractivity (Wildman–Crippen MR) is 83.3 cm³/mol. The number of rotatable bonds is 5. The largest absolute Gasteiger partial charge is 0.473 e. The van der Waals surface area contributed by atoms with Crippen molar-refractivity contribution in [1.82, 2.24) is 15.8 Å². The lowest BCUT2D eigenvalue weighted by Crippen LogP contribution is -2.42. The van der Waals surface area contributed by atoms with Gasteiger partial charge >= 0.3 is 0 Å². The molecule has 2 aromatic rings. The Morgan fingerprint density at radius 1 is 1.13 bits per heavy atom. The van der Waals surface area contributed by atoms with E-state index in [1.165, 1.54) is 6.20 Å². The van der Waals surface area contributed by atoms with E-state index < -0.39 is 5.91 Å². The van der Waals surface area contributed by atoms with Gasteiger partial charge in [-0.25, -0.2) is 4.98 Å². The van der Waals surface area contributed by atoms with E-state index in [0.717, 1.165) is 18.4 Å². The van der Waals surface area contributed by atoms with Gasteiger partial charge in [-0.2, -0.15) is 0 Å². The number of hydrogen-bond acceptors (Lipinski definition) is 4. The third-order valence-corrected chi connectivity index (χ3v) is 3.47. The number of hydrazine groups is 1. The van der Waals surface area contributed by atoms with Crippen LogP contribution in [0.15, 0.2) is 48.7 Å². The van der Waals surface area contributed by atoms with Crippen LogP contribution in [0.2, 0.25) is 0 Å². The van der Waals surface area contributed by atoms with Gasteiger partial charge < -0.3 is 4.74 Å². The van der Waals surface area contributed by atoms with Gasteiger partial charge in [-0.05, 0) is 24.5 Å². The summed E-state index contributed by atoms with van der Waals surface area (Å²) in [7, 11) is 0. The van der Waals surface area contributed by atoms with E-state index in [2.05, 4.69) is 15.8 Å². The standard InChI is InChI=1S/C17H17N3O3/c21-16(13-6-7-13)19-20-17(22)14-8-9-18-15(10-14)23-11-12-4-2-1-3-5-12/h1-5,8-10,13H,6-7,11H2,(H,19,21)(H,20,22). The van der Waals surface area contributed by atoms with Gasteiger partial charge in [0.25, 0.3) is 5.91 Å². The molecular weight excluding hydrogens is 294 g/mol. The Kier molecular flexibility index (Phi) is 4.52. The number of benzene rings is 1. The quantitative estimate of drug-likeness (QED) is 0.826. The van der Waals surface area contributed by atoms with Crippen molar-refractivity contribution in [3.63, 3.8) is 0 Å². The molecule has 0 bridgehead atoms. The first-order chi connectivity index (χ1) is 11.2. The van der Waals surface area contributed by atoms with Crippen molar-refractivity contribution in [1.29, 1.82) is 0 Å². The highest BCUT2D eigenvalue weighted by molar-refractivity contribution is 5.95. The molecule has 0 aliphatic heterocycles. The fourth-order valence-corrected chi connectivity index (χ4v) is 2.00. The highest BCUT2D eigenvalue weighted by Gasteiger charge is 2.29. The molecule has 1 fully saturated rings. The summed E-state index contributed by atoms with van der Waals surface area (Å²) in [5.41, 5.74) is 6.21. The number of amides is 2. The molecule has 0 atom stereocenters. The van der Waals surface area contributed by atoms with Crippen molar-refractivity contribution in [2.24, 2.45) is 5.92 Å². The van der Waals surface area contributed by atoms with E-state index in [-0.39, 0.29) is 11.8 Å². The van der Waals surface area contributed by atoms with Gasteiger partial charge in [0, 0.05) is 23.7 Å². The van der Waals surface area contributed by atoms with Crippen molar-refractivity contribution >= 4 is 11.8 Å². The predicted octanol–water partition coefficient (Wildman–Crippen LogP) is 1.83. The number of nitrogens with one attached hydrogen (secondary N) is 2. The van der Waals surface area contributed by atoms with E-state index in [4.69, 9.17) is 4.74 Å². The van der Waals surface area contributed by atoms with Crippen LogP contribution in [-0.2, 0) is 11.4 Å². The smallest absolute Gasteiger partial charge is 0.269 e. The Labute approximate surface area is 133 Å². The summed E-state index contributed by atoms with van der Waals surface area (Å²) in [6.07, 6.45) is 3.26. The van der Waals surface area contributed by atoms with Gasteiger partial charge in [-0.15, -0.1) is 0 Å². The highest BCUT2D eigenvalue weighted by Crippen LogP contribution is 2.28. The zero-order valence-electron chi connectivity index (χ0n) is 12.5. The summed E-state index contributed by atoms with van der Waals surface area (Å²) in [6, 6.07) is 12.8. The van der Waals surface area contributed by atoms with Crippen molar-refractivity contribution in [3.05, 3.63) is 59.8 Å². The maximum atomic E-state index is 12.0. The Morgan fingerprint density at radius 3 is 2.65 bits per heavy atom. The maximum Gasteiger partial charge on any atom is 0.269 e. The minimum atomic E-state index is -0.397. The van der Waals surface area contributed by atoms with E-state index in [1.807, 2.05) is 30.3 Å². The molecule has 1 aromatic carbocycles. The lowest BCUT2D eigenvalue weighted by atomic mass is 10.2. The second-order valence-corrected chi connectivity index (χ2v) is 5.37. The number of carbonyl (C=O) groups is 2. The molecule has 1 aromatic heterocycles. The summed E-state index contributed by atoms with van der Waals surface area (Å²) in [6.45, 7) is 0.372. The molecule has 23 heavy (non-hydrogen) atoms. The molecule has 0 unspecified atom stereocenters. The first kappa shape index (κ1) is 15.0. The highest BCUT2D eigenvalue weighted by atomic mass is 16.5. The zero-order chi connectivity index (χ0) is 16.1. The van der Waals surface area contributed by atoms with Crippen LogP contribution in [0, 0.1) is 5.92 Å². The Bertz CT molecular complexity index is 699. The summed E-state index contributed by atoms with van der Waals surface area (Å²) in [5.74, 6) is -0.147. The van der Waals surface area contributed by atoms with Crippen molar-refractivity contribution < 1.29 is 14.3 Å². The number of ether oxygens (including phenoxy) is 1. The van der Waals surface area contributed by atoms with Crippen molar-refractivity contribution in [2.45, 2.75) is 19.4 Å². The van der Waals surface area contributed by atoms with Gasteiger partial charge in [0.2, 0.25) is 11.8 Å². The second kappa shape index (κ2) is 6.91. The van der Waals surface area contributed by atoms with E-state index in [0.29, 0.717) is 18.1 Å². The fourth-order valence-electron chi connectivity index (χ4n) is 2.00. The third kappa shape index (κ3) is 4.29. The maximum absolute atomic E-state index is 12.0. The fraction of sp³-hybridized carbons (Fsp3) is 0.235. The van der Waals surface area contributed by atoms with Crippen molar-refractivity contribution in [2.75, 3.05) is 0 Å². The van der Waals surface area contributed by atoms with Gasteiger partial charge in [0.05, 0.1) is 0 Å². The number of carbonyl (C=O) groups excluding carboxylic acids is 2. The van der Waals surface area contributed by atoms with Crippen LogP contribution in [0.1, 0.15) is 28.8 Å². The van der Waals surface area contributed by atoms with Gasteiger partial charge in [-0.3, -0.25) is 20.4 Å². The summed E-state index contributed by atoms with van der Waals surface area (Å²) >= 11 is 0. The topological polar surface area (TPSA) is 80.3 Å². The van der Waals surface area contributed by atoms with Crippen LogP contribution < -0.4 is 15.6 Å². The van der Waals surface area contributed by atoms with Crippen LogP contribution in [0.4, 0.5) is 0 Å². The first-order valence-electron chi connectivity index (χ1n) is 7.45. The Morgan fingerprint density at radius 2 is 1.91 bits per heavy atom. The van der Waals surface area contributed by atoms with E-state index in [1.54, 1.807) is 12.1 Å². The molecule has 2 N–H and O–H groups in total. The monoisotopic (exact) mass is 311 g/mol. The van der Waals surface area contributed by atoms with E-state index >= 15 is 0 Å². The first-order valence-corrected chi connectivity index (χ1v) is 7.45. The molecule has 1 saturated carbocycles. The molecule has 1 aliphatic carbocycles. The lowest BCUT2D eigenvalue weighted by Gasteiger charge is -2.08. The van der Waals surface area contributed by atoms with Gasteiger partial charge in [-0.1, -0.05) is 30.3 Å². The molecule has 0 saturated heterocycles. The van der Waals surface area contributed by atoms with Crippen LogP contribution >= 0.6 is 0 Å². The molecule has 6 heteroatoms. The normalized spacial score (nSPS) is 13.2. The van der Waals surface area contributed by atoms with Crippen LogP contribution in [0.3, 0.4) is 0 Å². The average molecular weight is 311 g/mol. The minimum Gasteiger partial charge on any atom is -0.473 e. The summed E-state index contributed by atoms with van der Waals surface area (Å²) < 4.78 is 5.58. The Balaban J connectivity index is 1.55. The van der Waals surface area contributed by atoms with Gasteiger partial charge in [0.15, 0.2) is 0 Å². The third-order valence-electron chi connectivity index (χ3n) is 3.47. The SMILES string of the molecule is O=C(NNC(=O)C1CC1)c1ccnc(OCc2ccccc2)c1. The number of nitrogens with zero attached hydrogens (tertiary/aromatic N) is 1. The molecule has 118 valence electrons. The molecule has 1 heterocycles. The summed E-state index contributed by atoms with van der Waals surface area (Å²) in [4.78, 5) is 27.6. The molecule has 2 amide bonds. The minimum absolute atomic E-state index is 0.0394. The molecule has 6 nitrogen and oxygen atoms in total. The van der Waals surface area contributed by atoms with Crippen LogP contribution in [0.5, 0.6) is 5.88 Å². The Hall–Kier alpha value is -2.89. The summed E-state index contributed by atoms with van der Waals surface area (Å²) in [5, 5.41) is 0. The number of pyridine rings is 1. The molecule has 0 spiro atoms. The zero-order valence-corrected chi connectivity index (χ0v) is 12.5. The molecular formula is C17H17N3O3. The lowest BCUT2D eigenvalue weighted by molar-refractivity contribution is -0.123. The van der Waals surface area contributed by atoms with E-state index in [9.17, 15) is 9.59 Å². The second-order valence-electron chi connectivity index (χ2n) is 5.37. The number of aromatic nitrogens is 1.